The van der Waals surface area contributed by atoms with E-state index < -0.39 is 29.9 Å². The molecule has 29 heavy (non-hydrogen) atoms. The molecular formula is C21H33F2N2O4. The second kappa shape index (κ2) is 8.55. The number of carbonyl (C=O) groups is 1. The van der Waals surface area contributed by atoms with E-state index in [1.54, 1.807) is 20.8 Å². The van der Waals surface area contributed by atoms with Crippen LogP contribution in [0.5, 0.6) is 0 Å². The molecule has 3 rings (SSSR count). The topological polar surface area (TPSA) is 59.1 Å². The number of ether oxygens (including phenoxy) is 2. The molecule has 0 aromatic carbocycles. The van der Waals surface area contributed by atoms with Gasteiger partial charge in [0.2, 0.25) is 6.29 Å². The van der Waals surface area contributed by atoms with Gasteiger partial charge in [0.1, 0.15) is 5.60 Å². The Morgan fingerprint density at radius 2 is 1.66 bits per heavy atom. The fraction of sp³-hybridized carbons (Fsp3) is 0.905. The van der Waals surface area contributed by atoms with Gasteiger partial charge in [-0.2, -0.15) is 0 Å². The van der Waals surface area contributed by atoms with Crippen LogP contribution in [0.2, 0.25) is 0 Å². The van der Waals surface area contributed by atoms with Crippen LogP contribution in [0.3, 0.4) is 0 Å². The molecule has 1 radical (unpaired) electrons. The van der Waals surface area contributed by atoms with Crippen molar-refractivity contribution in [2.45, 2.75) is 89.2 Å². The van der Waals surface area contributed by atoms with Gasteiger partial charge in [-0.15, -0.1) is 0 Å². The van der Waals surface area contributed by atoms with Crippen LogP contribution < -0.4 is 0 Å². The van der Waals surface area contributed by atoms with Crippen LogP contribution in [0.4, 0.5) is 8.78 Å². The Morgan fingerprint density at radius 1 is 1.03 bits per heavy atom. The van der Waals surface area contributed by atoms with Crippen molar-refractivity contribution in [3.8, 4) is 0 Å². The largest absolute Gasteiger partial charge is 0.456 e. The van der Waals surface area contributed by atoms with E-state index in [0.29, 0.717) is 38.8 Å². The summed E-state index contributed by atoms with van der Waals surface area (Å²) >= 11 is 0. The number of alkyl halides is 2. The highest BCUT2D eigenvalue weighted by atomic mass is 19.3. The lowest BCUT2D eigenvalue weighted by atomic mass is 9.88. The number of hydrogen-bond donors (Lipinski definition) is 0. The predicted molar refractivity (Wildman–Crippen MR) is 103 cm³/mol. The van der Waals surface area contributed by atoms with Crippen LogP contribution in [0.15, 0.2) is 0 Å². The normalized spacial score (nSPS) is 30.8. The van der Waals surface area contributed by atoms with Gasteiger partial charge in [0.15, 0.2) is 0 Å². The number of nitrogens with zero attached hydrogens (tertiary/aromatic N) is 2. The van der Waals surface area contributed by atoms with Crippen LogP contribution in [0, 0.1) is 5.92 Å². The number of rotatable bonds is 6. The van der Waals surface area contributed by atoms with Crippen LogP contribution in [0.1, 0.15) is 65.7 Å². The van der Waals surface area contributed by atoms with Crippen molar-refractivity contribution in [2.75, 3.05) is 26.2 Å². The summed E-state index contributed by atoms with van der Waals surface area (Å²) in [7, 11) is 0. The van der Waals surface area contributed by atoms with Crippen molar-refractivity contribution in [2.24, 2.45) is 5.92 Å². The molecule has 0 amide bonds. The number of halogens is 2. The summed E-state index contributed by atoms with van der Waals surface area (Å²) in [6.45, 7) is 6.04. The van der Waals surface area contributed by atoms with Crippen LogP contribution in [0.25, 0.3) is 0 Å². The van der Waals surface area contributed by atoms with E-state index in [4.69, 9.17) is 9.47 Å². The van der Waals surface area contributed by atoms with Gasteiger partial charge in [0.25, 0.3) is 11.8 Å². The average molecular weight is 416 g/mol. The monoisotopic (exact) mass is 415 g/mol. The van der Waals surface area contributed by atoms with Gasteiger partial charge in [-0.1, -0.05) is 0 Å². The molecule has 2 heterocycles. The highest BCUT2D eigenvalue weighted by molar-refractivity contribution is 5.79. The average Bonchev–Trinajstić information content (AvgIpc) is 3.28. The van der Waals surface area contributed by atoms with Gasteiger partial charge in [-0.3, -0.25) is 9.69 Å². The molecule has 1 saturated carbocycles. The van der Waals surface area contributed by atoms with Gasteiger partial charge in [0, 0.05) is 32.0 Å². The predicted octanol–water partition coefficient (Wildman–Crippen LogP) is 3.10. The Balaban J connectivity index is 1.92. The molecule has 3 fully saturated rings. The number of likely N-dealkylation sites (tertiary alicyclic amines) is 2. The molecule has 1 aliphatic carbocycles. The number of hydrogen-bond acceptors (Lipinski definition) is 6. The lowest BCUT2D eigenvalue weighted by Gasteiger charge is -2.48. The minimum atomic E-state index is -2.86. The molecule has 165 valence electrons. The molecule has 8 heteroatoms. The smallest absolute Gasteiger partial charge is 0.371 e. The maximum Gasteiger partial charge on any atom is 0.371 e. The molecule has 0 N–H and O–H groups in total. The van der Waals surface area contributed by atoms with E-state index >= 15 is 0 Å². The van der Waals surface area contributed by atoms with E-state index in [9.17, 15) is 18.4 Å². The van der Waals surface area contributed by atoms with Gasteiger partial charge in [0.05, 0.1) is 12.6 Å². The Labute approximate surface area is 171 Å². The molecule has 1 atom stereocenters. The minimum Gasteiger partial charge on any atom is -0.456 e. The summed E-state index contributed by atoms with van der Waals surface area (Å²) in [5, 5.41) is 0. The zero-order chi connectivity index (χ0) is 21.3. The SMILES string of the molecule is CC(C)(C)OC(=O)C(O[C@H]1CC[C@H]([C]=O)CC1)(N1CCCC1)N1CCC(F)(F)C1. The van der Waals surface area contributed by atoms with Gasteiger partial charge in [-0.05, 0) is 59.3 Å². The third-order valence-corrected chi connectivity index (χ3v) is 5.97. The first-order chi connectivity index (χ1) is 13.6. The zero-order valence-electron chi connectivity index (χ0n) is 17.7. The Morgan fingerprint density at radius 3 is 2.14 bits per heavy atom. The number of carbonyl (C=O) groups excluding carboxylic acids is 2. The highest BCUT2D eigenvalue weighted by Gasteiger charge is 2.59. The first-order valence-corrected chi connectivity index (χ1v) is 10.7. The molecule has 1 unspecified atom stereocenters. The van der Waals surface area contributed by atoms with Crippen molar-refractivity contribution >= 4 is 12.3 Å². The van der Waals surface area contributed by atoms with Gasteiger partial charge in [-0.25, -0.2) is 18.5 Å². The first kappa shape index (κ1) is 22.6. The van der Waals surface area contributed by atoms with Crippen molar-refractivity contribution in [1.82, 2.24) is 9.80 Å². The maximum atomic E-state index is 14.2. The van der Waals surface area contributed by atoms with Gasteiger partial charge >= 0.3 is 5.97 Å². The zero-order valence-corrected chi connectivity index (χ0v) is 17.7. The fourth-order valence-electron chi connectivity index (χ4n) is 4.55. The summed E-state index contributed by atoms with van der Waals surface area (Å²) in [5.41, 5.74) is -0.766. The second-order valence-electron chi connectivity index (χ2n) is 9.54. The van der Waals surface area contributed by atoms with Crippen LogP contribution >= 0.6 is 0 Å². The lowest BCUT2D eigenvalue weighted by molar-refractivity contribution is -0.276. The van der Waals surface area contributed by atoms with E-state index in [0.717, 1.165) is 12.8 Å². The minimum absolute atomic E-state index is 0.0696. The summed E-state index contributed by atoms with van der Waals surface area (Å²) < 4.78 is 40.5. The van der Waals surface area contributed by atoms with E-state index in [2.05, 4.69) is 0 Å². The summed E-state index contributed by atoms with van der Waals surface area (Å²) in [6.07, 6.45) is 5.68. The van der Waals surface area contributed by atoms with Crippen molar-refractivity contribution in [1.29, 1.82) is 0 Å². The third-order valence-electron chi connectivity index (χ3n) is 5.97. The van der Waals surface area contributed by atoms with Crippen molar-refractivity contribution in [3.05, 3.63) is 0 Å². The maximum absolute atomic E-state index is 14.2. The molecule has 2 aliphatic heterocycles. The summed E-state index contributed by atoms with van der Waals surface area (Å²) in [6, 6.07) is 0. The van der Waals surface area contributed by atoms with E-state index in [-0.39, 0.29) is 25.0 Å². The highest BCUT2D eigenvalue weighted by Crippen LogP contribution is 2.40. The molecule has 3 aliphatic rings. The first-order valence-electron chi connectivity index (χ1n) is 10.7. The molecule has 0 aromatic heterocycles. The van der Waals surface area contributed by atoms with E-state index in [1.807, 2.05) is 11.2 Å². The molecule has 0 aromatic rings. The lowest BCUT2D eigenvalue weighted by Crippen LogP contribution is -2.68. The molecule has 0 spiro atoms. The summed E-state index contributed by atoms with van der Waals surface area (Å²) in [4.78, 5) is 27.8. The quantitative estimate of drug-likeness (QED) is 0.622. The standard InChI is InChI=1S/C21H33F2N2O4/c1-19(2,3)29-18(27)21(24-11-4-5-12-24,25-13-10-20(22,23)15-25)28-17-8-6-16(14-26)7-9-17/h16-17H,4-13,15H2,1-3H3/t16-,17-,21?. The third kappa shape index (κ3) is 5.14. The Bertz CT molecular complexity index is 596. The Hall–Kier alpha value is -1.12. The molecule has 6 nitrogen and oxygen atoms in total. The fourth-order valence-corrected chi connectivity index (χ4v) is 4.55. The van der Waals surface area contributed by atoms with Crippen LogP contribution in [-0.4, -0.2) is 71.7 Å². The van der Waals surface area contributed by atoms with E-state index in [1.165, 1.54) is 4.90 Å². The second-order valence-corrected chi connectivity index (χ2v) is 9.54. The summed E-state index contributed by atoms with van der Waals surface area (Å²) in [5.74, 6) is -5.24. The molecular weight excluding hydrogens is 382 g/mol. The molecule has 2 saturated heterocycles. The molecule has 0 bridgehead atoms. The van der Waals surface area contributed by atoms with Crippen molar-refractivity contribution < 1.29 is 27.8 Å². The van der Waals surface area contributed by atoms with Crippen molar-refractivity contribution in [3.63, 3.8) is 0 Å². The van der Waals surface area contributed by atoms with Gasteiger partial charge < -0.3 is 9.47 Å². The van der Waals surface area contributed by atoms with Crippen LogP contribution in [-0.2, 0) is 19.1 Å². The number of esters is 1. The Kier molecular flexibility index (Phi) is 6.65.